The Labute approximate surface area is 174 Å². The van der Waals surface area contributed by atoms with E-state index in [1.165, 1.54) is 23.5 Å². The second-order valence-corrected chi connectivity index (χ2v) is 7.55. The first-order valence-electron chi connectivity index (χ1n) is 9.86. The zero-order valence-corrected chi connectivity index (χ0v) is 16.8. The normalized spacial score (nSPS) is 13.6. The van der Waals surface area contributed by atoms with Crippen LogP contribution in [0.4, 0.5) is 0 Å². The SMILES string of the molecule is Cc1cc(COc2coc(CN3CCc4ccccc4C3)cc2=O)ccc1C(=O)O. The Hall–Kier alpha value is -3.38. The van der Waals surface area contributed by atoms with Gasteiger partial charge >= 0.3 is 5.97 Å². The Morgan fingerprint density at radius 2 is 1.97 bits per heavy atom. The lowest BCUT2D eigenvalue weighted by molar-refractivity contribution is 0.0696. The molecule has 0 fully saturated rings. The van der Waals surface area contributed by atoms with Gasteiger partial charge in [-0.1, -0.05) is 36.4 Å². The van der Waals surface area contributed by atoms with Crippen LogP contribution >= 0.6 is 0 Å². The molecule has 6 nitrogen and oxygen atoms in total. The quantitative estimate of drug-likeness (QED) is 0.672. The van der Waals surface area contributed by atoms with Gasteiger partial charge in [0, 0.05) is 19.2 Å². The van der Waals surface area contributed by atoms with Crippen LogP contribution in [0.3, 0.4) is 0 Å². The van der Waals surface area contributed by atoms with Crippen LogP contribution in [0.1, 0.15) is 38.4 Å². The van der Waals surface area contributed by atoms with Crippen molar-refractivity contribution in [2.24, 2.45) is 0 Å². The van der Waals surface area contributed by atoms with Gasteiger partial charge in [0.15, 0.2) is 0 Å². The lowest BCUT2D eigenvalue weighted by Gasteiger charge is -2.28. The van der Waals surface area contributed by atoms with E-state index in [-0.39, 0.29) is 23.3 Å². The van der Waals surface area contributed by atoms with Gasteiger partial charge in [-0.2, -0.15) is 0 Å². The van der Waals surface area contributed by atoms with E-state index in [4.69, 9.17) is 14.3 Å². The van der Waals surface area contributed by atoms with Gasteiger partial charge in [0.2, 0.25) is 11.2 Å². The van der Waals surface area contributed by atoms with Crippen LogP contribution < -0.4 is 10.2 Å². The lowest BCUT2D eigenvalue weighted by Crippen LogP contribution is -2.30. The maximum atomic E-state index is 12.4. The van der Waals surface area contributed by atoms with Crippen LogP contribution in [0.15, 0.2) is 64.0 Å². The minimum atomic E-state index is -0.964. The molecule has 0 atom stereocenters. The van der Waals surface area contributed by atoms with E-state index in [9.17, 15) is 9.59 Å². The van der Waals surface area contributed by atoms with E-state index in [1.54, 1.807) is 25.1 Å². The molecule has 1 aliphatic rings. The fourth-order valence-corrected chi connectivity index (χ4v) is 3.75. The monoisotopic (exact) mass is 405 g/mol. The van der Waals surface area contributed by atoms with Crippen molar-refractivity contribution in [2.45, 2.75) is 33.0 Å². The molecule has 30 heavy (non-hydrogen) atoms. The number of carboxylic acids is 1. The van der Waals surface area contributed by atoms with Crippen LogP contribution in [0.5, 0.6) is 5.75 Å². The molecule has 1 aliphatic heterocycles. The average molecular weight is 405 g/mol. The van der Waals surface area contributed by atoms with Crippen molar-refractivity contribution in [3.8, 4) is 5.75 Å². The lowest BCUT2D eigenvalue weighted by atomic mass is 10.00. The van der Waals surface area contributed by atoms with Crippen molar-refractivity contribution in [1.29, 1.82) is 0 Å². The van der Waals surface area contributed by atoms with E-state index >= 15 is 0 Å². The smallest absolute Gasteiger partial charge is 0.335 e. The number of carboxylic acid groups (broad SMARTS) is 1. The minimum Gasteiger partial charge on any atom is -0.482 e. The number of fused-ring (bicyclic) bond motifs is 1. The highest BCUT2D eigenvalue weighted by Gasteiger charge is 2.17. The second-order valence-electron chi connectivity index (χ2n) is 7.55. The highest BCUT2D eigenvalue weighted by atomic mass is 16.5. The summed E-state index contributed by atoms with van der Waals surface area (Å²) in [6.07, 6.45) is 2.34. The topological polar surface area (TPSA) is 80.0 Å². The highest BCUT2D eigenvalue weighted by Crippen LogP contribution is 2.20. The molecule has 0 spiro atoms. The Balaban J connectivity index is 1.38. The fraction of sp³-hybridized carbons (Fsp3) is 0.250. The standard InChI is InChI=1S/C24H23NO5/c1-16-10-17(6-7-21(16)24(27)28)14-30-23-15-29-20(11-22(23)26)13-25-9-8-18-4-2-3-5-19(18)12-25/h2-7,10-11,15H,8-9,12-14H2,1H3,(H,27,28). The first-order valence-corrected chi connectivity index (χ1v) is 9.86. The predicted octanol–water partition coefficient (Wildman–Crippen LogP) is 3.78. The number of aryl methyl sites for hydroxylation is 1. The molecule has 0 saturated heterocycles. The molecule has 1 aromatic heterocycles. The van der Waals surface area contributed by atoms with Crippen LogP contribution in [0, 0.1) is 6.92 Å². The van der Waals surface area contributed by atoms with E-state index in [0.29, 0.717) is 17.9 Å². The number of benzene rings is 2. The zero-order chi connectivity index (χ0) is 21.1. The molecule has 0 amide bonds. The van der Waals surface area contributed by atoms with Gasteiger partial charge in [-0.3, -0.25) is 9.69 Å². The van der Waals surface area contributed by atoms with Crippen LogP contribution in [-0.4, -0.2) is 22.5 Å². The Morgan fingerprint density at radius 3 is 2.70 bits per heavy atom. The third-order valence-electron chi connectivity index (χ3n) is 5.36. The van der Waals surface area contributed by atoms with Crippen molar-refractivity contribution in [2.75, 3.05) is 6.54 Å². The van der Waals surface area contributed by atoms with Gasteiger partial charge in [-0.15, -0.1) is 0 Å². The summed E-state index contributed by atoms with van der Waals surface area (Å²) in [7, 11) is 0. The fourth-order valence-electron chi connectivity index (χ4n) is 3.75. The maximum Gasteiger partial charge on any atom is 0.335 e. The molecule has 0 unspecified atom stereocenters. The Kier molecular flexibility index (Phi) is 5.68. The first kappa shape index (κ1) is 19.9. The van der Waals surface area contributed by atoms with Crippen LogP contribution in [0.2, 0.25) is 0 Å². The third kappa shape index (κ3) is 4.44. The maximum absolute atomic E-state index is 12.4. The second kappa shape index (κ2) is 8.55. The molecular weight excluding hydrogens is 382 g/mol. The van der Waals surface area contributed by atoms with Crippen molar-refractivity contribution >= 4 is 5.97 Å². The summed E-state index contributed by atoms with van der Waals surface area (Å²) in [4.78, 5) is 25.8. The van der Waals surface area contributed by atoms with Gasteiger partial charge in [0.1, 0.15) is 18.6 Å². The van der Waals surface area contributed by atoms with E-state index in [0.717, 1.165) is 25.1 Å². The number of rotatable bonds is 6. The molecule has 4 rings (SSSR count). The number of nitrogens with zero attached hydrogens (tertiary/aromatic N) is 1. The van der Waals surface area contributed by atoms with E-state index in [2.05, 4.69) is 23.1 Å². The van der Waals surface area contributed by atoms with Crippen molar-refractivity contribution in [3.63, 3.8) is 0 Å². The molecule has 6 heteroatoms. The predicted molar refractivity (Wildman–Crippen MR) is 112 cm³/mol. The Bertz CT molecular complexity index is 1130. The number of carbonyl (C=O) groups is 1. The summed E-state index contributed by atoms with van der Waals surface area (Å²) in [6, 6.07) is 14.9. The third-order valence-corrected chi connectivity index (χ3v) is 5.36. The molecular formula is C24H23NO5. The molecule has 2 aromatic carbocycles. The molecule has 1 N–H and O–H groups in total. The van der Waals surface area contributed by atoms with Crippen molar-refractivity contribution in [1.82, 2.24) is 4.90 Å². The van der Waals surface area contributed by atoms with E-state index in [1.807, 2.05) is 6.07 Å². The zero-order valence-electron chi connectivity index (χ0n) is 16.8. The molecule has 0 bridgehead atoms. The summed E-state index contributed by atoms with van der Waals surface area (Å²) < 4.78 is 11.3. The van der Waals surface area contributed by atoms with Gasteiger partial charge < -0.3 is 14.3 Å². The molecule has 154 valence electrons. The summed E-state index contributed by atoms with van der Waals surface area (Å²) in [5.41, 5.74) is 4.15. The summed E-state index contributed by atoms with van der Waals surface area (Å²) in [6.45, 7) is 4.22. The molecule has 0 saturated carbocycles. The average Bonchev–Trinajstić information content (AvgIpc) is 2.73. The molecule has 3 aromatic rings. The van der Waals surface area contributed by atoms with Gasteiger partial charge in [-0.05, 0) is 41.7 Å². The van der Waals surface area contributed by atoms with Crippen LogP contribution in [-0.2, 0) is 26.1 Å². The largest absolute Gasteiger partial charge is 0.482 e. The summed E-state index contributed by atoms with van der Waals surface area (Å²) in [5.74, 6) is -0.218. The number of hydrogen-bond acceptors (Lipinski definition) is 5. The summed E-state index contributed by atoms with van der Waals surface area (Å²) in [5, 5.41) is 9.10. The molecule has 0 radical (unpaired) electrons. The highest BCUT2D eigenvalue weighted by molar-refractivity contribution is 5.89. The number of aromatic carboxylic acids is 1. The number of hydrogen-bond donors (Lipinski definition) is 1. The van der Waals surface area contributed by atoms with Gasteiger partial charge in [-0.25, -0.2) is 4.79 Å². The minimum absolute atomic E-state index is 0.141. The number of ether oxygens (including phenoxy) is 1. The van der Waals surface area contributed by atoms with Crippen molar-refractivity contribution in [3.05, 3.63) is 98.6 Å². The first-order chi connectivity index (χ1) is 14.5. The van der Waals surface area contributed by atoms with Gasteiger partial charge in [0.05, 0.1) is 12.1 Å². The summed E-state index contributed by atoms with van der Waals surface area (Å²) >= 11 is 0. The van der Waals surface area contributed by atoms with Crippen molar-refractivity contribution < 1.29 is 19.1 Å². The molecule has 2 heterocycles. The van der Waals surface area contributed by atoms with Crippen LogP contribution in [0.25, 0.3) is 0 Å². The Morgan fingerprint density at radius 1 is 1.17 bits per heavy atom. The molecule has 0 aliphatic carbocycles. The van der Waals surface area contributed by atoms with Gasteiger partial charge in [0.25, 0.3) is 0 Å². The van der Waals surface area contributed by atoms with E-state index < -0.39 is 5.97 Å².